The summed E-state index contributed by atoms with van der Waals surface area (Å²) in [5.41, 5.74) is 0. The maximum Gasteiger partial charge on any atom is 0.472 e. The molecule has 0 bridgehead atoms. The van der Waals surface area contributed by atoms with E-state index in [2.05, 4.69) is 88.5 Å². The Bertz CT molecular complexity index is 2100. The summed E-state index contributed by atoms with van der Waals surface area (Å²) in [7, 11) is -9.94. The van der Waals surface area contributed by atoms with Crippen LogP contribution in [0.15, 0.2) is 60.8 Å². The summed E-state index contributed by atoms with van der Waals surface area (Å²) in [6.07, 6.45) is 70.5. The summed E-state index contributed by atoms with van der Waals surface area (Å²) in [4.78, 5) is 72.9. The van der Waals surface area contributed by atoms with E-state index in [1.54, 1.807) is 0 Å². The first-order valence-corrected chi connectivity index (χ1v) is 42.5. The second kappa shape index (κ2) is 72.1. The number of esters is 4. The third-order valence-corrected chi connectivity index (χ3v) is 18.9. The molecule has 0 aliphatic rings. The lowest BCUT2D eigenvalue weighted by Crippen LogP contribution is -2.30. The van der Waals surface area contributed by atoms with Crippen LogP contribution >= 0.6 is 15.6 Å². The van der Waals surface area contributed by atoms with Gasteiger partial charge in [0.2, 0.25) is 0 Å². The summed E-state index contributed by atoms with van der Waals surface area (Å²) >= 11 is 0. The van der Waals surface area contributed by atoms with Crippen LogP contribution in [0.4, 0.5) is 0 Å². The van der Waals surface area contributed by atoms with E-state index in [-0.39, 0.29) is 25.7 Å². The number of hydrogen-bond acceptors (Lipinski definition) is 15. The zero-order chi connectivity index (χ0) is 71.8. The maximum absolute atomic E-state index is 13.1. The molecule has 0 aromatic rings. The Balaban J connectivity index is 5.34. The highest BCUT2D eigenvalue weighted by Gasteiger charge is 2.30. The number of ether oxygens (including phenoxy) is 4. The second-order valence-corrected chi connectivity index (χ2v) is 29.5. The van der Waals surface area contributed by atoms with Gasteiger partial charge in [0.1, 0.15) is 19.3 Å². The zero-order valence-electron chi connectivity index (χ0n) is 62.5. The van der Waals surface area contributed by atoms with Gasteiger partial charge < -0.3 is 33.8 Å². The van der Waals surface area contributed by atoms with Crippen molar-refractivity contribution in [1.29, 1.82) is 0 Å². The van der Waals surface area contributed by atoms with E-state index in [9.17, 15) is 43.2 Å². The lowest BCUT2D eigenvalue weighted by molar-refractivity contribution is -0.161. The number of aliphatic hydroxyl groups is 1. The van der Waals surface area contributed by atoms with Gasteiger partial charge in [0, 0.05) is 25.7 Å². The number of hydrogen-bond donors (Lipinski definition) is 3. The highest BCUT2D eigenvalue weighted by atomic mass is 31.2. The quantitative estimate of drug-likeness (QED) is 0.0169. The Kier molecular flexibility index (Phi) is 69.7. The minimum absolute atomic E-state index is 0.0847. The average Bonchev–Trinajstić information content (AvgIpc) is 1.04. The minimum atomic E-state index is -4.97. The zero-order valence-corrected chi connectivity index (χ0v) is 64.3. The Morgan fingerprint density at radius 2 is 0.531 bits per heavy atom. The highest BCUT2D eigenvalue weighted by Crippen LogP contribution is 2.45. The van der Waals surface area contributed by atoms with Gasteiger partial charge in [-0.05, 0) is 109 Å². The van der Waals surface area contributed by atoms with Gasteiger partial charge in [-0.1, -0.05) is 288 Å². The predicted molar refractivity (Wildman–Crippen MR) is 400 cm³/mol. The molecular formula is C79H144O17P2. The summed E-state index contributed by atoms with van der Waals surface area (Å²) in [6.45, 7) is 4.78. The van der Waals surface area contributed by atoms with Crippen LogP contribution in [0.1, 0.15) is 362 Å². The normalized spacial score (nSPS) is 14.2. The largest absolute Gasteiger partial charge is 0.472 e. The summed E-state index contributed by atoms with van der Waals surface area (Å²) in [5.74, 6) is -2.18. The van der Waals surface area contributed by atoms with E-state index < -0.39 is 97.5 Å². The first kappa shape index (κ1) is 94.8. The monoisotopic (exact) mass is 1430 g/mol. The minimum Gasteiger partial charge on any atom is -0.462 e. The number of carbonyl (C=O) groups excluding carboxylic acids is 4. The van der Waals surface area contributed by atoms with Gasteiger partial charge in [0.25, 0.3) is 0 Å². The molecule has 98 heavy (non-hydrogen) atoms. The molecule has 0 rings (SSSR count). The number of phosphoric ester groups is 2. The van der Waals surface area contributed by atoms with E-state index in [0.717, 1.165) is 154 Å². The standard InChI is InChI=1S/C79H144O17P2/c1-5-9-13-17-21-25-29-33-36-40-43-47-51-55-59-63-76(81)89-69-74(95-78(83)65-61-57-53-49-45-39-32-28-24-20-16-12-8-4)71-93-97(85,86)91-67-73(80)68-92-98(87,88)94-72-75(96-79(84)66-62-58-54-50-46-42-38-35-31-27-23-19-15-11-7-3)70-90-77(82)64-60-56-52-48-44-41-37-34-30-26-22-18-14-10-6-2/h10,14,22,26,33-38,73-75,80H,5-9,11-13,15-21,23-25,27-32,39-72H2,1-4H3,(H,85,86)(H,87,88)/b14-10-,26-22-,36-33-,37-34-,38-35-. The molecular weight excluding hydrogens is 1280 g/mol. The fraction of sp³-hybridized carbons (Fsp3) is 0.823. The lowest BCUT2D eigenvalue weighted by atomic mass is 10.0. The van der Waals surface area contributed by atoms with Gasteiger partial charge in [-0.3, -0.25) is 37.3 Å². The Hall–Kier alpha value is -3.24. The van der Waals surface area contributed by atoms with Crippen molar-refractivity contribution in [2.45, 2.75) is 380 Å². The van der Waals surface area contributed by atoms with E-state index in [4.69, 9.17) is 37.0 Å². The Morgan fingerprint density at radius 3 is 0.827 bits per heavy atom. The van der Waals surface area contributed by atoms with Crippen LogP contribution in [-0.4, -0.2) is 96.7 Å². The summed E-state index contributed by atoms with van der Waals surface area (Å²) < 4.78 is 68.5. The van der Waals surface area contributed by atoms with Crippen LogP contribution in [0.2, 0.25) is 0 Å². The van der Waals surface area contributed by atoms with E-state index >= 15 is 0 Å². The molecule has 0 aromatic heterocycles. The van der Waals surface area contributed by atoms with Crippen molar-refractivity contribution in [3.8, 4) is 0 Å². The fourth-order valence-electron chi connectivity index (χ4n) is 10.9. The Morgan fingerprint density at radius 1 is 0.296 bits per heavy atom. The number of phosphoric acid groups is 2. The molecule has 0 aliphatic carbocycles. The topological polar surface area (TPSA) is 237 Å². The van der Waals surface area contributed by atoms with Crippen molar-refractivity contribution >= 4 is 39.5 Å². The molecule has 3 N–H and O–H groups in total. The first-order chi connectivity index (χ1) is 47.7. The molecule has 0 aromatic carbocycles. The molecule has 17 nitrogen and oxygen atoms in total. The molecule has 572 valence electrons. The van der Waals surface area contributed by atoms with Crippen LogP contribution in [0.25, 0.3) is 0 Å². The van der Waals surface area contributed by atoms with Gasteiger partial charge in [-0.15, -0.1) is 0 Å². The molecule has 0 fully saturated rings. The van der Waals surface area contributed by atoms with Crippen LogP contribution in [0.3, 0.4) is 0 Å². The maximum atomic E-state index is 13.1. The Labute approximate surface area is 597 Å². The van der Waals surface area contributed by atoms with Crippen LogP contribution in [0.5, 0.6) is 0 Å². The molecule has 0 saturated heterocycles. The number of allylic oxidation sites excluding steroid dienone is 10. The number of rotatable bonds is 75. The van der Waals surface area contributed by atoms with E-state index in [1.165, 1.54) is 128 Å². The van der Waals surface area contributed by atoms with Crippen LogP contribution < -0.4 is 0 Å². The third-order valence-electron chi connectivity index (χ3n) is 17.0. The molecule has 0 radical (unpaired) electrons. The lowest BCUT2D eigenvalue weighted by Gasteiger charge is -2.21. The van der Waals surface area contributed by atoms with Crippen molar-refractivity contribution in [3.05, 3.63) is 60.8 Å². The van der Waals surface area contributed by atoms with E-state index in [0.29, 0.717) is 25.7 Å². The van der Waals surface area contributed by atoms with Gasteiger partial charge in [0.15, 0.2) is 12.2 Å². The van der Waals surface area contributed by atoms with Crippen LogP contribution in [-0.2, 0) is 65.4 Å². The number of aliphatic hydroxyl groups excluding tert-OH is 1. The number of carbonyl (C=O) groups is 4. The summed E-state index contributed by atoms with van der Waals surface area (Å²) in [5, 5.41) is 10.6. The van der Waals surface area contributed by atoms with Gasteiger partial charge in [-0.25, -0.2) is 9.13 Å². The smallest absolute Gasteiger partial charge is 0.462 e. The van der Waals surface area contributed by atoms with Gasteiger partial charge in [-0.2, -0.15) is 0 Å². The van der Waals surface area contributed by atoms with Crippen molar-refractivity contribution in [2.24, 2.45) is 0 Å². The molecule has 0 saturated carbocycles. The fourth-order valence-corrected chi connectivity index (χ4v) is 12.5. The predicted octanol–water partition coefficient (Wildman–Crippen LogP) is 22.7. The van der Waals surface area contributed by atoms with Crippen LogP contribution in [0, 0.1) is 0 Å². The molecule has 0 spiro atoms. The van der Waals surface area contributed by atoms with Gasteiger partial charge >= 0.3 is 39.5 Å². The van der Waals surface area contributed by atoms with Gasteiger partial charge in [0.05, 0.1) is 26.4 Å². The molecule has 19 heteroatoms. The molecule has 0 amide bonds. The SMILES string of the molecule is CC/C=C\C/C=C\C/C=C\CCCCCCCC(=O)OCC(COP(=O)(O)OCC(O)COP(=O)(O)OCC(COC(=O)CCCCCCC/C=C\CCCCCCCC)OC(=O)CCCCCCCCCCCCCCC)OC(=O)CCCCCCC/C=C\CCCCCCCC. The summed E-state index contributed by atoms with van der Waals surface area (Å²) in [6, 6.07) is 0. The van der Waals surface area contributed by atoms with Crippen molar-refractivity contribution in [1.82, 2.24) is 0 Å². The third kappa shape index (κ3) is 71.2. The van der Waals surface area contributed by atoms with Crippen molar-refractivity contribution < 1.29 is 80.2 Å². The first-order valence-electron chi connectivity index (χ1n) is 39.5. The average molecular weight is 1430 g/mol. The molecule has 0 heterocycles. The number of unbranched alkanes of at least 4 members (excludes halogenated alkanes) is 39. The molecule has 0 aliphatic heterocycles. The van der Waals surface area contributed by atoms with Crippen molar-refractivity contribution in [2.75, 3.05) is 39.6 Å². The van der Waals surface area contributed by atoms with Crippen molar-refractivity contribution in [3.63, 3.8) is 0 Å². The second-order valence-electron chi connectivity index (χ2n) is 26.6. The molecule has 5 unspecified atom stereocenters. The molecule has 5 atom stereocenters. The highest BCUT2D eigenvalue weighted by molar-refractivity contribution is 7.47. The van der Waals surface area contributed by atoms with E-state index in [1.807, 2.05) is 0 Å².